The number of nitrogens with two attached hydrogens (primary N) is 6. The molecule has 27 nitrogen and oxygen atoms in total. The minimum atomic E-state index is -1.57. The van der Waals surface area contributed by atoms with Gasteiger partial charge >= 0.3 is 5.97 Å². The topological polar surface area (TPSA) is 474 Å². The molecule has 0 aromatic carbocycles. The highest BCUT2D eigenvalue weighted by molar-refractivity contribution is 6.40. The van der Waals surface area contributed by atoms with E-state index in [4.69, 9.17) is 46.2 Å². The number of carbonyl (C=O) groups excluding carboxylic acids is 8. The summed E-state index contributed by atoms with van der Waals surface area (Å²) in [6, 6.07) is -7.75. The molecular weight excluding hydrogens is 905 g/mol. The van der Waals surface area contributed by atoms with Crippen LogP contribution in [0.5, 0.6) is 0 Å². The molecule has 0 radical (unpaired) electrons. The van der Waals surface area contributed by atoms with E-state index in [-0.39, 0.29) is 82.8 Å². The fourth-order valence-electron chi connectivity index (χ4n) is 6.64. The number of nitrogens with one attached hydrogen (secondary N) is 8. The number of hydrogen-bond donors (Lipinski definition) is 16. The highest BCUT2D eigenvalue weighted by Gasteiger charge is 2.38. The lowest BCUT2D eigenvalue weighted by Gasteiger charge is -2.27. The summed E-state index contributed by atoms with van der Waals surface area (Å²) >= 11 is 0. The number of carboxylic acid groups (broad SMARTS) is 1. The number of unbranched alkanes of at least 4 members (excludes halogenated alkanes) is 2. The summed E-state index contributed by atoms with van der Waals surface area (Å²) < 4.78 is 0. The van der Waals surface area contributed by atoms with Crippen molar-refractivity contribution in [2.75, 3.05) is 45.8 Å². The van der Waals surface area contributed by atoms with Crippen LogP contribution in [-0.4, -0.2) is 168 Å². The zero-order valence-electron chi connectivity index (χ0n) is 39.1. The Morgan fingerprint density at radius 2 is 1.49 bits per heavy atom. The number of aliphatic imine (C=N–C) groups is 1. The molecule has 69 heavy (non-hydrogen) atoms. The van der Waals surface area contributed by atoms with E-state index in [0.29, 0.717) is 38.6 Å². The summed E-state index contributed by atoms with van der Waals surface area (Å²) in [6.07, 6.45) is 7.80. The van der Waals surface area contributed by atoms with Gasteiger partial charge in [-0.05, 0) is 90.8 Å². The third-order valence-corrected chi connectivity index (χ3v) is 10.5. The summed E-state index contributed by atoms with van der Waals surface area (Å²) in [6.45, 7) is 1.04. The first kappa shape index (κ1) is 60.4. The fourth-order valence-corrected chi connectivity index (χ4v) is 6.64. The van der Waals surface area contributed by atoms with Crippen LogP contribution in [-0.2, 0) is 43.2 Å². The number of terminal acetylenes is 1. The van der Waals surface area contributed by atoms with Crippen molar-refractivity contribution in [3.63, 3.8) is 0 Å². The van der Waals surface area contributed by atoms with Gasteiger partial charge in [-0.25, -0.2) is 9.79 Å². The van der Waals surface area contributed by atoms with E-state index in [1.54, 1.807) is 0 Å². The Morgan fingerprint density at radius 1 is 0.841 bits per heavy atom. The number of likely N-dealkylation sites (tertiary alicyclic amines) is 1. The van der Waals surface area contributed by atoms with E-state index in [1.807, 2.05) is 0 Å². The predicted molar refractivity (Wildman–Crippen MR) is 253 cm³/mol. The lowest BCUT2D eigenvalue weighted by atomic mass is 10.1. The highest BCUT2D eigenvalue weighted by atomic mass is 16.4. The number of carboxylic acids is 1. The average molecular weight is 977 g/mol. The number of amides is 8. The Bertz CT molecular complexity index is 1890. The van der Waals surface area contributed by atoms with Crippen LogP contribution in [0, 0.1) is 17.8 Å². The normalized spacial score (nSPS) is 16.3. The number of guanidine groups is 1. The molecule has 1 rings (SSSR count). The molecule has 1 saturated heterocycles. The van der Waals surface area contributed by atoms with Crippen molar-refractivity contribution in [1.29, 1.82) is 5.41 Å². The molecule has 0 bridgehead atoms. The van der Waals surface area contributed by atoms with Crippen LogP contribution in [0.3, 0.4) is 0 Å². The summed E-state index contributed by atoms with van der Waals surface area (Å²) in [5, 5.41) is 44.1. The second-order valence-electron chi connectivity index (χ2n) is 16.0. The van der Waals surface area contributed by atoms with Gasteiger partial charge in [0.25, 0.3) is 11.8 Å². The van der Waals surface area contributed by atoms with Gasteiger partial charge in [0.2, 0.25) is 35.4 Å². The van der Waals surface area contributed by atoms with Crippen LogP contribution in [0.15, 0.2) is 16.8 Å². The van der Waals surface area contributed by atoms with Crippen molar-refractivity contribution in [2.45, 2.75) is 126 Å². The molecule has 0 aromatic rings. The van der Waals surface area contributed by atoms with Crippen LogP contribution in [0.25, 0.3) is 0 Å². The molecule has 1 aliphatic heterocycles. The lowest BCUT2D eigenvalue weighted by molar-refractivity contribution is -0.137. The van der Waals surface area contributed by atoms with Crippen LogP contribution in [0.4, 0.5) is 0 Å². The number of hydrogen-bond acceptors (Lipinski definition) is 16. The van der Waals surface area contributed by atoms with E-state index in [1.165, 1.54) is 17.9 Å². The SMILES string of the molecule is C#CC[C@H](NC(=O)[C@@H]1CCCN1C(=O)/C(CCCN)=N/C(=O)CNC(=O)[C@H](C)NC(=O)[C@@H](NC(=O)[C@@H](N)CCCCN)[C@@H](O)CN)C(=O)N[C@@H](CCCCN)C(=O)N/C(=C\CCNC(=N)N)C(=O)O. The monoisotopic (exact) mass is 977 g/mol. The molecule has 0 saturated carbocycles. The summed E-state index contributed by atoms with van der Waals surface area (Å²) in [5.74, 6) is -6.37. The van der Waals surface area contributed by atoms with Crippen molar-refractivity contribution in [1.82, 2.24) is 42.1 Å². The lowest BCUT2D eigenvalue weighted by Crippen LogP contribution is -2.60. The molecule has 27 heteroatoms. The number of aliphatic hydroxyl groups is 1. The number of aliphatic carboxylic acids is 1. The third-order valence-electron chi connectivity index (χ3n) is 10.5. The molecule has 8 amide bonds. The maximum absolute atomic E-state index is 13.9. The van der Waals surface area contributed by atoms with Crippen molar-refractivity contribution in [2.24, 2.45) is 39.4 Å². The predicted octanol–water partition coefficient (Wildman–Crippen LogP) is -6.35. The van der Waals surface area contributed by atoms with E-state index < -0.39 is 114 Å². The van der Waals surface area contributed by atoms with E-state index in [2.05, 4.69) is 48.1 Å². The molecule has 0 unspecified atom stereocenters. The summed E-state index contributed by atoms with van der Waals surface area (Å²) in [4.78, 5) is 123. The molecule has 7 atom stereocenters. The molecular formula is C42H72N16O11. The van der Waals surface area contributed by atoms with Gasteiger partial charge < -0.3 is 86.7 Å². The van der Waals surface area contributed by atoms with Crippen molar-refractivity contribution in [3.05, 3.63) is 11.8 Å². The van der Waals surface area contributed by atoms with Crippen LogP contribution in [0.2, 0.25) is 0 Å². The Morgan fingerprint density at radius 3 is 2.09 bits per heavy atom. The molecule has 386 valence electrons. The van der Waals surface area contributed by atoms with Crippen LogP contribution in [0.1, 0.15) is 84.0 Å². The molecule has 0 aromatic heterocycles. The first-order valence-corrected chi connectivity index (χ1v) is 22.7. The number of rotatable bonds is 32. The first-order chi connectivity index (χ1) is 32.8. The second kappa shape index (κ2) is 33.0. The highest BCUT2D eigenvalue weighted by Crippen LogP contribution is 2.20. The Balaban J connectivity index is 3.13. The van der Waals surface area contributed by atoms with E-state index >= 15 is 0 Å². The second-order valence-corrected chi connectivity index (χ2v) is 16.0. The smallest absolute Gasteiger partial charge is 0.352 e. The van der Waals surface area contributed by atoms with Gasteiger partial charge in [0, 0.05) is 26.1 Å². The number of nitrogens with zero attached hydrogens (tertiary/aromatic N) is 2. The van der Waals surface area contributed by atoms with E-state index in [9.17, 15) is 53.4 Å². The van der Waals surface area contributed by atoms with Gasteiger partial charge in [-0.15, -0.1) is 12.3 Å². The zero-order valence-corrected chi connectivity index (χ0v) is 39.1. The van der Waals surface area contributed by atoms with Crippen LogP contribution < -0.4 is 71.6 Å². The standard InChI is InChI=1S/C42H72N16O11/c1-3-11-26(36(63)54-27(13-5-7-18-44)37(64)56-29(41(68)69)15-9-20-50-42(48)49)55-38(65)30-16-10-21-58(30)40(67)28(14-8-19-45)53-32(60)23-51-34(61)24(2)52-39(66)33(31(59)22-46)57-35(62)25(47)12-4-6-17-43/h1,15,24-27,30-31,33,59H,4-14,16-23,43-47H2,2H3,(H,51,61)(H,52,66)(H,54,63)(H,55,65)(H,56,64)(H,57,62)(H,68,69)(H4,48,49,50)/b29-15-,53-28+/t24-,25-,26-,27-,30-,31-,33-/m0/s1. The molecule has 0 aliphatic carbocycles. The van der Waals surface area contributed by atoms with Crippen molar-refractivity contribution < 1.29 is 53.4 Å². The van der Waals surface area contributed by atoms with Gasteiger partial charge in [0.1, 0.15) is 41.6 Å². The minimum Gasteiger partial charge on any atom is -0.477 e. The first-order valence-electron chi connectivity index (χ1n) is 22.7. The quantitative estimate of drug-likeness (QED) is 0.00980. The van der Waals surface area contributed by atoms with Crippen molar-refractivity contribution in [3.8, 4) is 12.3 Å². The van der Waals surface area contributed by atoms with Gasteiger partial charge in [0.15, 0.2) is 5.96 Å². The third kappa shape index (κ3) is 22.4. The Hall–Kier alpha value is -6.57. The van der Waals surface area contributed by atoms with Gasteiger partial charge in [0.05, 0.1) is 18.7 Å². The zero-order chi connectivity index (χ0) is 52.1. The van der Waals surface area contributed by atoms with Gasteiger partial charge in [-0.1, -0.05) is 12.5 Å². The Labute approximate surface area is 400 Å². The molecule has 1 heterocycles. The Kier molecular flexibility index (Phi) is 28.9. The summed E-state index contributed by atoms with van der Waals surface area (Å²) in [5.41, 5.74) is 32.7. The van der Waals surface area contributed by atoms with E-state index in [0.717, 1.165) is 0 Å². The van der Waals surface area contributed by atoms with Gasteiger partial charge in [-0.3, -0.25) is 43.8 Å². The van der Waals surface area contributed by atoms with Gasteiger partial charge in [-0.2, -0.15) is 0 Å². The van der Waals surface area contributed by atoms with Crippen molar-refractivity contribution >= 4 is 64.9 Å². The largest absolute Gasteiger partial charge is 0.477 e. The molecule has 22 N–H and O–H groups in total. The average Bonchev–Trinajstić information content (AvgIpc) is 3.81. The maximum atomic E-state index is 13.9. The summed E-state index contributed by atoms with van der Waals surface area (Å²) in [7, 11) is 0. The molecule has 1 fully saturated rings. The molecule has 0 spiro atoms. The number of aliphatic hydroxyl groups excluding tert-OH is 1. The number of carbonyl (C=O) groups is 9. The maximum Gasteiger partial charge on any atom is 0.352 e. The fraction of sp³-hybridized carbons (Fsp3) is 0.643. The minimum absolute atomic E-state index is 0.0341. The molecule has 1 aliphatic rings. The van der Waals surface area contributed by atoms with Crippen LogP contribution >= 0.6 is 0 Å².